The summed E-state index contributed by atoms with van der Waals surface area (Å²) in [5.74, 6) is -3.06. The maximum atomic E-state index is 13.3. The summed E-state index contributed by atoms with van der Waals surface area (Å²) < 4.78 is 26.5. The third-order valence-corrected chi connectivity index (χ3v) is 3.32. The third kappa shape index (κ3) is 2.59. The van der Waals surface area contributed by atoms with E-state index in [0.717, 1.165) is 12.5 Å². The summed E-state index contributed by atoms with van der Waals surface area (Å²) in [7, 11) is 0. The van der Waals surface area contributed by atoms with Crippen LogP contribution in [-0.4, -0.2) is 12.5 Å². The topological polar surface area (TPSA) is 12.0 Å². The van der Waals surface area contributed by atoms with Gasteiger partial charge in [0.05, 0.1) is 0 Å². The Kier molecular flexibility index (Phi) is 3.24. The first-order chi connectivity index (χ1) is 7.57. The number of piperidine rings is 1. The summed E-state index contributed by atoms with van der Waals surface area (Å²) in [6, 6.07) is 9.90. The molecule has 0 saturated carbocycles. The van der Waals surface area contributed by atoms with Gasteiger partial charge in [0.15, 0.2) is 0 Å². The molecule has 1 aromatic rings. The lowest BCUT2D eigenvalue weighted by Crippen LogP contribution is -2.38. The van der Waals surface area contributed by atoms with Gasteiger partial charge in [0, 0.05) is 12.0 Å². The normalized spacial score (nSPS) is 26.7. The van der Waals surface area contributed by atoms with Gasteiger partial charge in [-0.05, 0) is 31.9 Å². The van der Waals surface area contributed by atoms with Crippen LogP contribution in [0.3, 0.4) is 0 Å². The molecule has 0 aliphatic carbocycles. The molecule has 2 atom stereocenters. The molecule has 3 heteroatoms. The van der Waals surface area contributed by atoms with Crippen molar-refractivity contribution in [3.63, 3.8) is 0 Å². The van der Waals surface area contributed by atoms with Crippen LogP contribution in [-0.2, 0) is 0 Å². The molecule has 1 aromatic carbocycles. The Morgan fingerprint density at radius 1 is 1.25 bits per heavy atom. The summed E-state index contributed by atoms with van der Waals surface area (Å²) in [5.41, 5.74) is 1.11. The van der Waals surface area contributed by atoms with Gasteiger partial charge in [-0.25, -0.2) is 8.78 Å². The zero-order chi connectivity index (χ0) is 11.6. The highest BCUT2D eigenvalue weighted by atomic mass is 19.3. The monoisotopic (exact) mass is 225 g/mol. The second-order valence-corrected chi connectivity index (χ2v) is 4.59. The molecule has 1 aliphatic rings. The van der Waals surface area contributed by atoms with Gasteiger partial charge in [-0.3, -0.25) is 0 Å². The quantitative estimate of drug-likeness (QED) is 0.813. The SMILES string of the molecule is CC(F)(F)[C@@H]1CCN[C@H](c2ccccc2)C1. The van der Waals surface area contributed by atoms with Crippen LogP contribution in [0.1, 0.15) is 31.4 Å². The third-order valence-electron chi connectivity index (χ3n) is 3.32. The Morgan fingerprint density at radius 2 is 1.94 bits per heavy atom. The number of hydrogen-bond donors (Lipinski definition) is 1. The summed E-state index contributed by atoms with van der Waals surface area (Å²) in [6.45, 7) is 1.71. The zero-order valence-corrected chi connectivity index (χ0v) is 9.42. The molecule has 1 nitrogen and oxygen atoms in total. The smallest absolute Gasteiger partial charge is 0.248 e. The van der Waals surface area contributed by atoms with Gasteiger partial charge in [0.25, 0.3) is 0 Å². The molecule has 0 bridgehead atoms. The average molecular weight is 225 g/mol. The highest BCUT2D eigenvalue weighted by Gasteiger charge is 2.37. The standard InChI is InChI=1S/C13H17F2N/c1-13(14,15)11-7-8-16-12(9-11)10-5-3-2-4-6-10/h2-6,11-12,16H,7-9H2,1H3/t11-,12+/m1/s1. The maximum Gasteiger partial charge on any atom is 0.248 e. The molecular formula is C13H17F2N. The van der Waals surface area contributed by atoms with E-state index in [4.69, 9.17) is 0 Å². The van der Waals surface area contributed by atoms with E-state index in [0.29, 0.717) is 19.4 Å². The molecular weight excluding hydrogens is 208 g/mol. The molecule has 0 spiro atoms. The lowest BCUT2D eigenvalue weighted by molar-refractivity contribution is -0.0561. The van der Waals surface area contributed by atoms with E-state index in [2.05, 4.69) is 5.32 Å². The number of hydrogen-bond acceptors (Lipinski definition) is 1. The van der Waals surface area contributed by atoms with Crippen molar-refractivity contribution in [2.75, 3.05) is 6.54 Å². The minimum Gasteiger partial charge on any atom is -0.310 e. The summed E-state index contributed by atoms with van der Waals surface area (Å²) >= 11 is 0. The Labute approximate surface area is 94.9 Å². The van der Waals surface area contributed by atoms with E-state index in [1.165, 1.54) is 0 Å². The second-order valence-electron chi connectivity index (χ2n) is 4.59. The molecule has 0 aromatic heterocycles. The number of rotatable bonds is 2. The molecule has 0 radical (unpaired) electrons. The lowest BCUT2D eigenvalue weighted by Gasteiger charge is -2.33. The highest BCUT2D eigenvalue weighted by molar-refractivity contribution is 5.19. The fraction of sp³-hybridized carbons (Fsp3) is 0.538. The molecule has 2 rings (SSSR count). The van der Waals surface area contributed by atoms with Crippen molar-refractivity contribution < 1.29 is 8.78 Å². The van der Waals surface area contributed by atoms with Crippen LogP contribution in [0.4, 0.5) is 8.78 Å². The van der Waals surface area contributed by atoms with Gasteiger partial charge in [0.1, 0.15) is 0 Å². The van der Waals surface area contributed by atoms with E-state index in [9.17, 15) is 8.78 Å². The van der Waals surface area contributed by atoms with Crippen molar-refractivity contribution in [3.8, 4) is 0 Å². The summed E-state index contributed by atoms with van der Waals surface area (Å²) in [5, 5.41) is 3.30. The Hall–Kier alpha value is -0.960. The van der Waals surface area contributed by atoms with E-state index in [1.807, 2.05) is 30.3 Å². The second kappa shape index (κ2) is 4.50. The van der Waals surface area contributed by atoms with Crippen LogP contribution in [0, 0.1) is 5.92 Å². The molecule has 0 unspecified atom stereocenters. The van der Waals surface area contributed by atoms with Gasteiger partial charge in [-0.15, -0.1) is 0 Å². The Bertz CT molecular complexity index is 332. The van der Waals surface area contributed by atoms with Crippen molar-refractivity contribution in [1.29, 1.82) is 0 Å². The molecule has 1 N–H and O–H groups in total. The molecule has 1 fully saturated rings. The molecule has 1 saturated heterocycles. The first kappa shape index (κ1) is 11.5. The van der Waals surface area contributed by atoms with Gasteiger partial charge in [0.2, 0.25) is 5.92 Å². The number of nitrogens with one attached hydrogen (secondary N) is 1. The van der Waals surface area contributed by atoms with Crippen LogP contribution >= 0.6 is 0 Å². The van der Waals surface area contributed by atoms with Crippen molar-refractivity contribution in [3.05, 3.63) is 35.9 Å². The fourth-order valence-electron chi connectivity index (χ4n) is 2.32. The van der Waals surface area contributed by atoms with Gasteiger partial charge < -0.3 is 5.32 Å². The zero-order valence-electron chi connectivity index (χ0n) is 9.42. The largest absolute Gasteiger partial charge is 0.310 e. The molecule has 88 valence electrons. The van der Waals surface area contributed by atoms with Crippen LogP contribution in [0.5, 0.6) is 0 Å². The van der Waals surface area contributed by atoms with E-state index >= 15 is 0 Å². The minimum atomic E-state index is -2.56. The van der Waals surface area contributed by atoms with Crippen LogP contribution in [0.2, 0.25) is 0 Å². The van der Waals surface area contributed by atoms with Crippen LogP contribution in [0.15, 0.2) is 30.3 Å². The Balaban J connectivity index is 2.08. The summed E-state index contributed by atoms with van der Waals surface area (Å²) in [4.78, 5) is 0. The predicted octanol–water partition coefficient (Wildman–Crippen LogP) is 3.38. The molecule has 0 amide bonds. The lowest BCUT2D eigenvalue weighted by atomic mass is 9.85. The molecule has 1 heterocycles. The Morgan fingerprint density at radius 3 is 2.56 bits per heavy atom. The predicted molar refractivity (Wildman–Crippen MR) is 60.5 cm³/mol. The minimum absolute atomic E-state index is 0.0748. The van der Waals surface area contributed by atoms with Crippen LogP contribution in [0.25, 0.3) is 0 Å². The van der Waals surface area contributed by atoms with Crippen molar-refractivity contribution in [2.24, 2.45) is 5.92 Å². The van der Waals surface area contributed by atoms with Gasteiger partial charge in [-0.2, -0.15) is 0 Å². The van der Waals surface area contributed by atoms with Crippen LogP contribution < -0.4 is 5.32 Å². The van der Waals surface area contributed by atoms with Gasteiger partial charge in [-0.1, -0.05) is 30.3 Å². The van der Waals surface area contributed by atoms with Crippen molar-refractivity contribution in [2.45, 2.75) is 31.7 Å². The fourth-order valence-corrected chi connectivity index (χ4v) is 2.32. The highest BCUT2D eigenvalue weighted by Crippen LogP contribution is 2.36. The first-order valence-electron chi connectivity index (χ1n) is 5.73. The summed E-state index contributed by atoms with van der Waals surface area (Å²) in [6.07, 6.45) is 1.08. The van der Waals surface area contributed by atoms with Crippen molar-refractivity contribution >= 4 is 0 Å². The number of benzene rings is 1. The average Bonchev–Trinajstić information content (AvgIpc) is 2.29. The first-order valence-corrected chi connectivity index (χ1v) is 5.73. The number of halogens is 2. The van der Waals surface area contributed by atoms with Gasteiger partial charge >= 0.3 is 0 Å². The van der Waals surface area contributed by atoms with E-state index < -0.39 is 11.8 Å². The maximum absolute atomic E-state index is 13.3. The van der Waals surface area contributed by atoms with E-state index in [1.54, 1.807) is 0 Å². The molecule has 1 aliphatic heterocycles. The van der Waals surface area contributed by atoms with E-state index in [-0.39, 0.29) is 6.04 Å². The molecule has 16 heavy (non-hydrogen) atoms. The van der Waals surface area contributed by atoms with Crippen molar-refractivity contribution in [1.82, 2.24) is 5.32 Å². The number of alkyl halides is 2.